The van der Waals surface area contributed by atoms with Crippen LogP contribution in [0.5, 0.6) is 0 Å². The fourth-order valence-corrected chi connectivity index (χ4v) is 2.03. The van der Waals surface area contributed by atoms with E-state index in [1.54, 1.807) is 0 Å². The monoisotopic (exact) mass is 179 g/mol. The average Bonchev–Trinajstić information content (AvgIpc) is 2.82. The highest BCUT2D eigenvalue weighted by Gasteiger charge is 2.32. The molecule has 2 N–H and O–H groups in total. The summed E-state index contributed by atoms with van der Waals surface area (Å²) in [4.78, 5) is 0. The van der Waals surface area contributed by atoms with Gasteiger partial charge in [0, 0.05) is 25.2 Å². The normalized spacial score (nSPS) is 19.0. The maximum Gasteiger partial charge on any atom is 0.0596 e. The van der Waals surface area contributed by atoms with Gasteiger partial charge in [-0.25, -0.2) is 0 Å². The largest absolute Gasteiger partial charge is 0.330 e. The zero-order chi connectivity index (χ0) is 9.42. The molecule has 1 saturated carbocycles. The number of aromatic nitrogens is 2. The molecule has 13 heavy (non-hydrogen) atoms. The van der Waals surface area contributed by atoms with Gasteiger partial charge < -0.3 is 5.73 Å². The van der Waals surface area contributed by atoms with E-state index < -0.39 is 0 Å². The molecule has 1 atom stereocenters. The Bertz CT molecular complexity index is 299. The Hall–Kier alpha value is -0.830. The Morgan fingerprint density at radius 3 is 2.77 bits per heavy atom. The minimum Gasteiger partial charge on any atom is -0.330 e. The summed E-state index contributed by atoms with van der Waals surface area (Å²) in [7, 11) is 2.01. The van der Waals surface area contributed by atoms with Crippen molar-refractivity contribution in [2.75, 3.05) is 6.54 Å². The lowest BCUT2D eigenvalue weighted by molar-refractivity contribution is 0.555. The van der Waals surface area contributed by atoms with E-state index in [9.17, 15) is 0 Å². The first kappa shape index (κ1) is 8.75. The van der Waals surface area contributed by atoms with Crippen molar-refractivity contribution in [3.05, 3.63) is 17.5 Å². The van der Waals surface area contributed by atoms with Crippen LogP contribution in [-0.4, -0.2) is 16.3 Å². The summed E-state index contributed by atoms with van der Waals surface area (Å²) < 4.78 is 1.98. The Morgan fingerprint density at radius 1 is 1.69 bits per heavy atom. The molecule has 0 saturated heterocycles. The first-order valence-electron chi connectivity index (χ1n) is 4.93. The maximum atomic E-state index is 5.78. The Labute approximate surface area is 78.9 Å². The third-order valence-corrected chi connectivity index (χ3v) is 2.86. The minimum absolute atomic E-state index is 0.534. The minimum atomic E-state index is 0.534. The lowest BCUT2D eigenvalue weighted by Gasteiger charge is -2.13. The molecule has 3 heteroatoms. The lowest BCUT2D eigenvalue weighted by Crippen LogP contribution is -2.17. The molecular weight excluding hydrogens is 162 g/mol. The van der Waals surface area contributed by atoms with Crippen molar-refractivity contribution in [3.63, 3.8) is 0 Å². The summed E-state index contributed by atoms with van der Waals surface area (Å²) in [5.74, 6) is 1.35. The molecule has 1 fully saturated rings. The second-order valence-electron chi connectivity index (χ2n) is 4.01. The molecule has 0 spiro atoms. The zero-order valence-electron chi connectivity index (χ0n) is 8.33. The van der Waals surface area contributed by atoms with E-state index in [1.165, 1.54) is 18.5 Å². The van der Waals surface area contributed by atoms with Crippen LogP contribution < -0.4 is 5.73 Å². The van der Waals surface area contributed by atoms with Crippen LogP contribution in [0.25, 0.3) is 0 Å². The van der Waals surface area contributed by atoms with Crippen molar-refractivity contribution < 1.29 is 0 Å². The van der Waals surface area contributed by atoms with Crippen LogP contribution in [0, 0.1) is 12.8 Å². The van der Waals surface area contributed by atoms with Gasteiger partial charge in [0.05, 0.1) is 5.69 Å². The summed E-state index contributed by atoms with van der Waals surface area (Å²) in [6.45, 7) is 2.79. The molecule has 1 aliphatic rings. The molecule has 0 amide bonds. The van der Waals surface area contributed by atoms with Crippen LogP contribution in [-0.2, 0) is 7.05 Å². The summed E-state index contributed by atoms with van der Waals surface area (Å²) in [6, 6.07) is 2.16. The molecule has 3 nitrogen and oxygen atoms in total. The van der Waals surface area contributed by atoms with Crippen molar-refractivity contribution in [1.82, 2.24) is 9.78 Å². The van der Waals surface area contributed by atoms with Crippen molar-refractivity contribution >= 4 is 0 Å². The van der Waals surface area contributed by atoms with Crippen LogP contribution in [0.15, 0.2) is 6.07 Å². The third kappa shape index (κ3) is 1.61. The summed E-state index contributed by atoms with van der Waals surface area (Å²) in [5, 5.41) is 4.35. The average molecular weight is 179 g/mol. The number of nitrogens with zero attached hydrogens (tertiary/aromatic N) is 2. The molecule has 2 rings (SSSR count). The fourth-order valence-electron chi connectivity index (χ4n) is 2.03. The molecule has 1 unspecified atom stereocenters. The zero-order valence-corrected chi connectivity index (χ0v) is 8.33. The SMILES string of the molecule is Cc1cc(C(CN)C2CC2)n(C)n1. The molecular formula is C10H17N3. The second kappa shape index (κ2) is 3.14. The van der Waals surface area contributed by atoms with Gasteiger partial charge in [0.2, 0.25) is 0 Å². The molecule has 0 radical (unpaired) electrons. The molecule has 0 aromatic carbocycles. The highest BCUT2D eigenvalue weighted by Crippen LogP contribution is 2.41. The summed E-state index contributed by atoms with van der Waals surface area (Å²) in [5.41, 5.74) is 8.18. The van der Waals surface area contributed by atoms with E-state index in [2.05, 4.69) is 11.2 Å². The summed E-state index contributed by atoms with van der Waals surface area (Å²) >= 11 is 0. The number of rotatable bonds is 3. The van der Waals surface area contributed by atoms with Crippen LogP contribution in [0.4, 0.5) is 0 Å². The number of aryl methyl sites for hydroxylation is 2. The van der Waals surface area contributed by atoms with Gasteiger partial charge in [0.1, 0.15) is 0 Å². The standard InChI is InChI=1S/C10H17N3/c1-7-5-10(13(2)12-7)9(6-11)8-3-4-8/h5,8-9H,3-4,6,11H2,1-2H3. The highest BCUT2D eigenvalue weighted by atomic mass is 15.3. The first-order chi connectivity index (χ1) is 6.22. The van der Waals surface area contributed by atoms with E-state index in [1.807, 2.05) is 18.7 Å². The number of hydrogen-bond donors (Lipinski definition) is 1. The van der Waals surface area contributed by atoms with Crippen molar-refractivity contribution in [2.24, 2.45) is 18.7 Å². The van der Waals surface area contributed by atoms with Gasteiger partial charge in [-0.2, -0.15) is 5.10 Å². The van der Waals surface area contributed by atoms with Gasteiger partial charge >= 0.3 is 0 Å². The molecule has 1 heterocycles. The first-order valence-corrected chi connectivity index (χ1v) is 4.93. The maximum absolute atomic E-state index is 5.78. The molecule has 1 aromatic rings. The smallest absolute Gasteiger partial charge is 0.0596 e. The lowest BCUT2D eigenvalue weighted by atomic mass is 10.00. The van der Waals surface area contributed by atoms with Gasteiger partial charge in [-0.05, 0) is 31.7 Å². The van der Waals surface area contributed by atoms with E-state index in [4.69, 9.17) is 5.73 Å². The fraction of sp³-hybridized carbons (Fsp3) is 0.700. The van der Waals surface area contributed by atoms with Crippen molar-refractivity contribution in [3.8, 4) is 0 Å². The topological polar surface area (TPSA) is 43.8 Å². The molecule has 1 aliphatic carbocycles. The van der Waals surface area contributed by atoms with Crippen LogP contribution in [0.2, 0.25) is 0 Å². The van der Waals surface area contributed by atoms with Crippen LogP contribution in [0.1, 0.15) is 30.1 Å². The van der Waals surface area contributed by atoms with E-state index in [-0.39, 0.29) is 0 Å². The Balaban J connectivity index is 2.25. The second-order valence-corrected chi connectivity index (χ2v) is 4.01. The number of hydrogen-bond acceptors (Lipinski definition) is 2. The van der Waals surface area contributed by atoms with Crippen molar-refractivity contribution in [1.29, 1.82) is 0 Å². The van der Waals surface area contributed by atoms with E-state index in [0.29, 0.717) is 5.92 Å². The van der Waals surface area contributed by atoms with Crippen molar-refractivity contribution in [2.45, 2.75) is 25.7 Å². The quantitative estimate of drug-likeness (QED) is 0.757. The molecule has 0 aliphatic heterocycles. The predicted molar refractivity (Wildman–Crippen MR) is 52.5 cm³/mol. The van der Waals surface area contributed by atoms with Gasteiger partial charge in [0.25, 0.3) is 0 Å². The summed E-state index contributed by atoms with van der Waals surface area (Å²) in [6.07, 6.45) is 2.68. The van der Waals surface area contributed by atoms with E-state index >= 15 is 0 Å². The Kier molecular flexibility index (Phi) is 2.12. The highest BCUT2D eigenvalue weighted by molar-refractivity contribution is 5.16. The van der Waals surface area contributed by atoms with Gasteiger partial charge in [0.15, 0.2) is 0 Å². The molecule has 1 aromatic heterocycles. The van der Waals surface area contributed by atoms with Gasteiger partial charge in [-0.3, -0.25) is 4.68 Å². The molecule has 72 valence electrons. The predicted octanol–water partition coefficient (Wildman–Crippen LogP) is 1.18. The third-order valence-electron chi connectivity index (χ3n) is 2.86. The van der Waals surface area contributed by atoms with E-state index in [0.717, 1.165) is 18.2 Å². The van der Waals surface area contributed by atoms with Gasteiger partial charge in [-0.1, -0.05) is 0 Å². The van der Waals surface area contributed by atoms with Crippen LogP contribution >= 0.6 is 0 Å². The van der Waals surface area contributed by atoms with Gasteiger partial charge in [-0.15, -0.1) is 0 Å². The van der Waals surface area contributed by atoms with Crippen LogP contribution in [0.3, 0.4) is 0 Å². The Morgan fingerprint density at radius 2 is 2.38 bits per heavy atom. The molecule has 0 bridgehead atoms. The number of nitrogens with two attached hydrogens (primary N) is 1.